The van der Waals surface area contributed by atoms with Crippen molar-refractivity contribution >= 4 is 51.7 Å². The fraction of sp³-hybridized carbons (Fsp3) is 0.227. The van der Waals surface area contributed by atoms with Crippen molar-refractivity contribution in [3.05, 3.63) is 69.3 Å². The van der Waals surface area contributed by atoms with Crippen LogP contribution in [0.5, 0.6) is 0 Å². The van der Waals surface area contributed by atoms with E-state index >= 15 is 0 Å². The summed E-state index contributed by atoms with van der Waals surface area (Å²) in [5.41, 5.74) is 3.46. The molecule has 1 aliphatic rings. The van der Waals surface area contributed by atoms with Crippen LogP contribution in [-0.2, 0) is 22.4 Å². The molecule has 29 heavy (non-hydrogen) atoms. The number of para-hydroxylation sites is 1. The van der Waals surface area contributed by atoms with Crippen LogP contribution in [0.1, 0.15) is 35.0 Å². The summed E-state index contributed by atoms with van der Waals surface area (Å²) < 4.78 is 5.52. The SMILES string of the molecule is CC(OC(=O)c1c2c(nc3ccccc13)CCC2)C(=O)Nc1cccc(Cl)c1Cl. The van der Waals surface area contributed by atoms with Gasteiger partial charge < -0.3 is 10.1 Å². The quantitative estimate of drug-likeness (QED) is 0.578. The van der Waals surface area contributed by atoms with Crippen LogP contribution in [0.3, 0.4) is 0 Å². The number of amides is 1. The summed E-state index contributed by atoms with van der Waals surface area (Å²) in [5, 5.41) is 3.95. The lowest BCUT2D eigenvalue weighted by molar-refractivity contribution is -0.123. The van der Waals surface area contributed by atoms with E-state index in [1.165, 1.54) is 6.92 Å². The van der Waals surface area contributed by atoms with E-state index in [1.807, 2.05) is 24.3 Å². The molecule has 0 spiro atoms. The van der Waals surface area contributed by atoms with Gasteiger partial charge in [-0.2, -0.15) is 0 Å². The van der Waals surface area contributed by atoms with E-state index < -0.39 is 18.0 Å². The van der Waals surface area contributed by atoms with E-state index in [2.05, 4.69) is 10.3 Å². The summed E-state index contributed by atoms with van der Waals surface area (Å²) in [4.78, 5) is 30.2. The molecule has 1 unspecified atom stereocenters. The van der Waals surface area contributed by atoms with Gasteiger partial charge in [0.05, 0.1) is 26.8 Å². The molecule has 7 heteroatoms. The average molecular weight is 429 g/mol. The smallest absolute Gasteiger partial charge is 0.339 e. The van der Waals surface area contributed by atoms with Crippen LogP contribution in [0.4, 0.5) is 5.69 Å². The van der Waals surface area contributed by atoms with Gasteiger partial charge in [-0.25, -0.2) is 4.79 Å². The standard InChI is InChI=1S/C22H18Cl2N2O3/c1-12(21(27)26-18-11-5-8-15(23)20(18)24)29-22(28)19-13-6-2-3-9-16(13)25-17-10-4-7-14(17)19/h2-3,5-6,8-9,11-12H,4,7,10H2,1H3,(H,26,27). The number of carbonyl (C=O) groups excluding carboxylic acids is 2. The molecule has 1 heterocycles. The Bertz CT molecular complexity index is 1130. The number of pyridine rings is 1. The molecule has 1 amide bonds. The number of nitrogens with one attached hydrogen (secondary N) is 1. The third kappa shape index (κ3) is 3.80. The van der Waals surface area contributed by atoms with Crippen LogP contribution >= 0.6 is 23.2 Å². The van der Waals surface area contributed by atoms with E-state index in [0.29, 0.717) is 16.3 Å². The third-order valence-corrected chi connectivity index (χ3v) is 5.80. The lowest BCUT2D eigenvalue weighted by Gasteiger charge is -2.17. The molecular weight excluding hydrogens is 411 g/mol. The number of aromatic nitrogens is 1. The van der Waals surface area contributed by atoms with Gasteiger partial charge in [-0.1, -0.05) is 47.5 Å². The number of esters is 1. The first-order chi connectivity index (χ1) is 14.0. The van der Waals surface area contributed by atoms with E-state index in [4.69, 9.17) is 27.9 Å². The Morgan fingerprint density at radius 2 is 1.90 bits per heavy atom. The fourth-order valence-electron chi connectivity index (χ4n) is 3.55. The Morgan fingerprint density at radius 1 is 1.10 bits per heavy atom. The Hall–Kier alpha value is -2.63. The number of halogens is 2. The topological polar surface area (TPSA) is 68.3 Å². The number of hydrogen-bond acceptors (Lipinski definition) is 4. The van der Waals surface area contributed by atoms with Crippen LogP contribution in [0, 0.1) is 0 Å². The van der Waals surface area contributed by atoms with Crippen LogP contribution in [0.25, 0.3) is 10.9 Å². The zero-order valence-corrected chi connectivity index (χ0v) is 17.2. The van der Waals surface area contributed by atoms with E-state index in [9.17, 15) is 9.59 Å². The van der Waals surface area contributed by atoms with Crippen molar-refractivity contribution in [3.8, 4) is 0 Å². The predicted molar refractivity (Wildman–Crippen MR) is 114 cm³/mol. The molecular formula is C22H18Cl2N2O3. The summed E-state index contributed by atoms with van der Waals surface area (Å²) in [6.45, 7) is 1.52. The minimum absolute atomic E-state index is 0.235. The summed E-state index contributed by atoms with van der Waals surface area (Å²) in [6, 6.07) is 12.4. The van der Waals surface area contributed by atoms with Crippen molar-refractivity contribution in [3.63, 3.8) is 0 Å². The summed E-state index contributed by atoms with van der Waals surface area (Å²) in [6.07, 6.45) is 1.55. The summed E-state index contributed by atoms with van der Waals surface area (Å²) >= 11 is 12.1. The van der Waals surface area contributed by atoms with Crippen molar-refractivity contribution in [1.29, 1.82) is 0 Å². The molecule has 5 nitrogen and oxygen atoms in total. The van der Waals surface area contributed by atoms with Crippen LogP contribution in [0.2, 0.25) is 10.0 Å². The van der Waals surface area contributed by atoms with Crippen molar-refractivity contribution in [1.82, 2.24) is 4.98 Å². The summed E-state index contributed by atoms with van der Waals surface area (Å²) in [5.74, 6) is -1.01. The minimum Gasteiger partial charge on any atom is -0.449 e. The van der Waals surface area contributed by atoms with Crippen molar-refractivity contribution < 1.29 is 14.3 Å². The second-order valence-corrected chi connectivity index (χ2v) is 7.71. The second-order valence-electron chi connectivity index (χ2n) is 6.92. The van der Waals surface area contributed by atoms with Crippen molar-refractivity contribution in [2.75, 3.05) is 5.32 Å². The molecule has 0 saturated heterocycles. The molecule has 4 rings (SSSR count). The molecule has 0 radical (unpaired) electrons. The maximum atomic E-state index is 13.0. The third-order valence-electron chi connectivity index (χ3n) is 4.99. The van der Waals surface area contributed by atoms with Crippen LogP contribution in [-0.4, -0.2) is 23.0 Å². The maximum Gasteiger partial charge on any atom is 0.339 e. The molecule has 1 aromatic heterocycles. The van der Waals surface area contributed by atoms with E-state index in [0.717, 1.165) is 41.4 Å². The first kappa shape index (κ1) is 19.7. The Balaban J connectivity index is 1.58. The highest BCUT2D eigenvalue weighted by Crippen LogP contribution is 2.31. The number of hydrogen-bond donors (Lipinski definition) is 1. The number of fused-ring (bicyclic) bond motifs is 2. The van der Waals surface area contributed by atoms with E-state index in [-0.39, 0.29) is 5.02 Å². The number of benzene rings is 2. The van der Waals surface area contributed by atoms with Gasteiger partial charge in [0.1, 0.15) is 0 Å². The van der Waals surface area contributed by atoms with Gasteiger partial charge in [0, 0.05) is 11.1 Å². The highest BCUT2D eigenvalue weighted by atomic mass is 35.5. The first-order valence-corrected chi connectivity index (χ1v) is 10.1. The molecule has 1 atom stereocenters. The van der Waals surface area contributed by atoms with Crippen molar-refractivity contribution in [2.45, 2.75) is 32.3 Å². The molecule has 1 aliphatic carbocycles. The van der Waals surface area contributed by atoms with Crippen molar-refractivity contribution in [2.24, 2.45) is 0 Å². The fourth-order valence-corrected chi connectivity index (χ4v) is 3.90. The highest BCUT2D eigenvalue weighted by molar-refractivity contribution is 6.44. The number of rotatable bonds is 4. The van der Waals surface area contributed by atoms with Gasteiger partial charge in [0.15, 0.2) is 6.10 Å². The largest absolute Gasteiger partial charge is 0.449 e. The lowest BCUT2D eigenvalue weighted by atomic mass is 10.0. The highest BCUT2D eigenvalue weighted by Gasteiger charge is 2.27. The van der Waals surface area contributed by atoms with Gasteiger partial charge in [0.2, 0.25) is 0 Å². The molecule has 0 fully saturated rings. The maximum absolute atomic E-state index is 13.0. The monoisotopic (exact) mass is 428 g/mol. The van der Waals surface area contributed by atoms with Gasteiger partial charge in [-0.15, -0.1) is 0 Å². The van der Waals surface area contributed by atoms with Gasteiger partial charge in [-0.3, -0.25) is 9.78 Å². The number of anilines is 1. The molecule has 148 valence electrons. The number of nitrogens with zero attached hydrogens (tertiary/aromatic N) is 1. The zero-order chi connectivity index (χ0) is 20.5. The minimum atomic E-state index is -1.01. The van der Waals surface area contributed by atoms with Gasteiger partial charge in [0.25, 0.3) is 5.91 Å². The average Bonchev–Trinajstić information content (AvgIpc) is 3.17. The van der Waals surface area contributed by atoms with E-state index in [1.54, 1.807) is 18.2 Å². The second kappa shape index (κ2) is 8.01. The van der Waals surface area contributed by atoms with Crippen LogP contribution in [0.15, 0.2) is 42.5 Å². The number of carbonyl (C=O) groups is 2. The molecule has 1 N–H and O–H groups in total. The van der Waals surface area contributed by atoms with Gasteiger partial charge >= 0.3 is 5.97 Å². The summed E-state index contributed by atoms with van der Waals surface area (Å²) in [7, 11) is 0. The normalized spacial score (nSPS) is 13.8. The number of ether oxygens (including phenoxy) is 1. The molecule has 0 saturated carbocycles. The lowest BCUT2D eigenvalue weighted by Crippen LogP contribution is -2.30. The molecule has 3 aromatic rings. The Morgan fingerprint density at radius 3 is 2.72 bits per heavy atom. The van der Waals surface area contributed by atoms with Gasteiger partial charge in [-0.05, 0) is 49.9 Å². The molecule has 0 bridgehead atoms. The molecule has 0 aliphatic heterocycles. The predicted octanol–water partition coefficient (Wildman–Crippen LogP) is 5.21. The van der Waals surface area contributed by atoms with Crippen LogP contribution < -0.4 is 5.32 Å². The Labute approximate surface area is 178 Å². The Kier molecular flexibility index (Phi) is 5.43. The number of aryl methyl sites for hydroxylation is 1. The molecule has 2 aromatic carbocycles. The zero-order valence-electron chi connectivity index (χ0n) is 15.7. The first-order valence-electron chi connectivity index (χ1n) is 9.32.